The molecule has 1 rings (SSSR count). The lowest BCUT2D eigenvalue weighted by molar-refractivity contribution is -0.862. The van der Waals surface area contributed by atoms with Crippen molar-refractivity contribution in [1.82, 2.24) is 10.6 Å². The Balaban J connectivity index is 2.25. The number of hydrogen-bond donors (Lipinski definition) is 3. The highest BCUT2D eigenvalue weighted by Gasteiger charge is 2.18. The summed E-state index contributed by atoms with van der Waals surface area (Å²) >= 11 is 5.83. The third-order valence-corrected chi connectivity index (χ3v) is 3.34. The average molecular weight is 341 g/mol. The first-order valence-electron chi connectivity index (χ1n) is 7.79. The zero-order valence-corrected chi connectivity index (χ0v) is 15.1. The Morgan fingerprint density at radius 2 is 1.65 bits per heavy atom. The van der Waals surface area contributed by atoms with Crippen molar-refractivity contribution < 1.29 is 14.5 Å². The molecule has 6 heteroatoms. The normalized spacial score (nSPS) is 12.6. The number of amides is 2. The molecule has 0 aliphatic heterocycles. The first-order chi connectivity index (χ1) is 10.7. The van der Waals surface area contributed by atoms with Gasteiger partial charge in [0.05, 0.1) is 7.05 Å². The molecule has 0 saturated heterocycles. The van der Waals surface area contributed by atoms with Crippen LogP contribution in [0.2, 0.25) is 5.02 Å². The fourth-order valence-electron chi connectivity index (χ4n) is 2.13. The van der Waals surface area contributed by atoms with Gasteiger partial charge < -0.3 is 15.5 Å². The lowest BCUT2D eigenvalue weighted by Gasteiger charge is -2.21. The van der Waals surface area contributed by atoms with Crippen molar-refractivity contribution in [2.24, 2.45) is 0 Å². The molecule has 0 heterocycles. The van der Waals surface area contributed by atoms with Gasteiger partial charge in [0.25, 0.3) is 11.8 Å². The van der Waals surface area contributed by atoms with Crippen LogP contribution in [-0.2, 0) is 16.0 Å². The van der Waals surface area contributed by atoms with Gasteiger partial charge >= 0.3 is 0 Å². The van der Waals surface area contributed by atoms with Crippen LogP contribution in [0.5, 0.6) is 0 Å². The van der Waals surface area contributed by atoms with Crippen LogP contribution in [-0.4, -0.2) is 44.0 Å². The second-order valence-electron chi connectivity index (χ2n) is 6.84. The molecule has 0 aliphatic rings. The number of benzene rings is 1. The topological polar surface area (TPSA) is 62.6 Å². The van der Waals surface area contributed by atoms with Gasteiger partial charge in [-0.2, -0.15) is 0 Å². The highest BCUT2D eigenvalue weighted by molar-refractivity contribution is 6.30. The Morgan fingerprint density at radius 3 is 2.22 bits per heavy atom. The molecule has 0 aliphatic carbocycles. The third kappa shape index (κ3) is 9.21. The Kier molecular flexibility index (Phi) is 7.52. The molecule has 1 atom stereocenters. The van der Waals surface area contributed by atoms with Crippen molar-refractivity contribution in [3.63, 3.8) is 0 Å². The summed E-state index contributed by atoms with van der Waals surface area (Å²) < 4.78 is 0. The molecule has 0 spiro atoms. The van der Waals surface area contributed by atoms with E-state index in [2.05, 4.69) is 10.6 Å². The number of carbonyl (C=O) groups is 2. The average Bonchev–Trinajstić information content (AvgIpc) is 2.38. The van der Waals surface area contributed by atoms with Crippen molar-refractivity contribution in [2.75, 3.05) is 26.7 Å². The van der Waals surface area contributed by atoms with E-state index in [1.165, 1.54) is 0 Å². The van der Waals surface area contributed by atoms with Crippen LogP contribution in [0.3, 0.4) is 0 Å². The largest absolute Gasteiger partial charge is 0.351 e. The molecule has 2 amide bonds. The van der Waals surface area contributed by atoms with Crippen molar-refractivity contribution in [1.29, 1.82) is 0 Å². The summed E-state index contributed by atoms with van der Waals surface area (Å²) in [6, 6.07) is 7.57. The molecular formula is C17H27ClN3O2+. The number of likely N-dealkylation sites (N-methyl/N-ethyl adjacent to an activating group) is 1. The van der Waals surface area contributed by atoms with Crippen LogP contribution in [0.1, 0.15) is 26.3 Å². The van der Waals surface area contributed by atoms with Crippen LogP contribution >= 0.6 is 11.6 Å². The maximum Gasteiger partial charge on any atom is 0.275 e. The lowest BCUT2D eigenvalue weighted by Crippen LogP contribution is -3.11. The number of carbonyl (C=O) groups excluding carboxylic acids is 2. The Bertz CT molecular complexity index is 524. The molecule has 0 radical (unpaired) electrons. The van der Waals surface area contributed by atoms with Crippen LogP contribution < -0.4 is 15.5 Å². The van der Waals surface area contributed by atoms with Crippen LogP contribution in [0.4, 0.5) is 0 Å². The molecule has 3 N–H and O–H groups in total. The van der Waals surface area contributed by atoms with E-state index in [1.54, 1.807) is 0 Å². The van der Waals surface area contributed by atoms with Crippen molar-refractivity contribution >= 4 is 23.4 Å². The Morgan fingerprint density at radius 1 is 1.09 bits per heavy atom. The molecule has 1 aromatic carbocycles. The summed E-state index contributed by atoms with van der Waals surface area (Å²) in [7, 11) is 1.83. The number of rotatable bonds is 7. The highest BCUT2D eigenvalue weighted by atomic mass is 35.5. The van der Waals surface area contributed by atoms with E-state index in [9.17, 15) is 9.59 Å². The van der Waals surface area contributed by atoms with E-state index in [4.69, 9.17) is 11.6 Å². The molecule has 1 aromatic rings. The molecule has 0 aromatic heterocycles. The molecule has 23 heavy (non-hydrogen) atoms. The maximum absolute atomic E-state index is 11.9. The smallest absolute Gasteiger partial charge is 0.275 e. The Hall–Kier alpha value is -1.59. The minimum absolute atomic E-state index is 0.0519. The molecule has 1 unspecified atom stereocenters. The Labute approximate surface area is 143 Å². The van der Waals surface area contributed by atoms with E-state index in [-0.39, 0.29) is 30.4 Å². The van der Waals surface area contributed by atoms with E-state index in [0.29, 0.717) is 11.6 Å². The first-order valence-corrected chi connectivity index (χ1v) is 8.17. The highest BCUT2D eigenvalue weighted by Crippen LogP contribution is 2.09. The SMILES string of the molecule is C[NH+](CC(=O)NCCc1ccc(Cl)cc1)CC(=O)NC(C)(C)C. The summed E-state index contributed by atoms with van der Waals surface area (Å²) in [6.07, 6.45) is 0.756. The summed E-state index contributed by atoms with van der Waals surface area (Å²) in [5.41, 5.74) is 0.873. The predicted octanol–water partition coefficient (Wildman–Crippen LogP) is 0.428. The minimum Gasteiger partial charge on any atom is -0.351 e. The molecule has 0 fully saturated rings. The number of nitrogens with one attached hydrogen (secondary N) is 3. The molecular weight excluding hydrogens is 314 g/mol. The summed E-state index contributed by atoms with van der Waals surface area (Å²) in [6.45, 7) is 6.93. The number of halogens is 1. The van der Waals surface area contributed by atoms with Crippen molar-refractivity contribution in [3.8, 4) is 0 Å². The van der Waals surface area contributed by atoms with Crippen LogP contribution in [0.15, 0.2) is 24.3 Å². The van der Waals surface area contributed by atoms with Gasteiger partial charge in [-0.3, -0.25) is 9.59 Å². The fraction of sp³-hybridized carbons (Fsp3) is 0.529. The van der Waals surface area contributed by atoms with Gasteiger partial charge in [-0.25, -0.2) is 0 Å². The van der Waals surface area contributed by atoms with E-state index in [1.807, 2.05) is 52.1 Å². The van der Waals surface area contributed by atoms with Gasteiger partial charge in [0.1, 0.15) is 0 Å². The minimum atomic E-state index is -0.252. The van der Waals surface area contributed by atoms with Crippen LogP contribution in [0, 0.1) is 0 Å². The quantitative estimate of drug-likeness (QED) is 0.674. The summed E-state index contributed by atoms with van der Waals surface area (Å²) in [5.74, 6) is -0.107. The van der Waals surface area contributed by atoms with E-state index >= 15 is 0 Å². The second-order valence-corrected chi connectivity index (χ2v) is 7.27. The second kappa shape index (κ2) is 8.89. The van der Waals surface area contributed by atoms with E-state index in [0.717, 1.165) is 16.9 Å². The standard InChI is InChI=1S/C17H26ClN3O2/c1-17(2,3)20-16(23)12-21(4)11-15(22)19-10-9-13-5-7-14(18)8-6-13/h5-8H,9-12H2,1-4H3,(H,19,22)(H,20,23)/p+1. The van der Waals surface area contributed by atoms with Crippen LogP contribution in [0.25, 0.3) is 0 Å². The summed E-state index contributed by atoms with van der Waals surface area (Å²) in [4.78, 5) is 24.5. The van der Waals surface area contributed by atoms with Gasteiger partial charge in [-0.15, -0.1) is 0 Å². The van der Waals surface area contributed by atoms with Gasteiger partial charge in [0.15, 0.2) is 13.1 Å². The number of hydrogen-bond acceptors (Lipinski definition) is 2. The van der Waals surface area contributed by atoms with Gasteiger partial charge in [0, 0.05) is 17.1 Å². The zero-order chi connectivity index (χ0) is 17.5. The van der Waals surface area contributed by atoms with E-state index < -0.39 is 0 Å². The van der Waals surface area contributed by atoms with Crippen molar-refractivity contribution in [3.05, 3.63) is 34.9 Å². The van der Waals surface area contributed by atoms with Crippen molar-refractivity contribution in [2.45, 2.75) is 32.7 Å². The monoisotopic (exact) mass is 340 g/mol. The molecule has 0 bridgehead atoms. The molecule has 0 saturated carbocycles. The molecule has 128 valence electrons. The first kappa shape index (κ1) is 19.5. The third-order valence-electron chi connectivity index (χ3n) is 3.09. The molecule has 5 nitrogen and oxygen atoms in total. The predicted molar refractivity (Wildman–Crippen MR) is 92.7 cm³/mol. The van der Waals surface area contributed by atoms with Gasteiger partial charge in [-0.1, -0.05) is 23.7 Å². The summed E-state index contributed by atoms with van der Waals surface area (Å²) in [5, 5.41) is 6.47. The number of quaternary nitrogens is 1. The lowest BCUT2D eigenvalue weighted by atomic mass is 10.1. The van der Waals surface area contributed by atoms with Gasteiger partial charge in [-0.05, 0) is 44.9 Å². The fourth-order valence-corrected chi connectivity index (χ4v) is 2.26. The van der Waals surface area contributed by atoms with Gasteiger partial charge in [0.2, 0.25) is 0 Å². The zero-order valence-electron chi connectivity index (χ0n) is 14.3. The maximum atomic E-state index is 11.9.